The summed E-state index contributed by atoms with van der Waals surface area (Å²) in [6.45, 7) is 2.93. The van der Waals surface area contributed by atoms with E-state index in [1.807, 2.05) is 80.5 Å². The van der Waals surface area contributed by atoms with Gasteiger partial charge in [0.25, 0.3) is 0 Å². The summed E-state index contributed by atoms with van der Waals surface area (Å²) in [7, 11) is 3.81. The van der Waals surface area contributed by atoms with Crippen LogP contribution in [0.25, 0.3) is 0 Å². The van der Waals surface area contributed by atoms with Crippen molar-refractivity contribution in [3.05, 3.63) is 65.7 Å². The molecule has 2 aromatic rings. The number of carbonyl (C=O) groups is 1. The monoisotopic (exact) mass is 312 g/mol. The Hall–Kier alpha value is -2.33. The fraction of sp³-hybridized carbons (Fsp3) is 0.316. The second kappa shape index (κ2) is 8.34. The van der Waals surface area contributed by atoms with E-state index in [4.69, 9.17) is 4.74 Å². The molecule has 4 nitrogen and oxygen atoms in total. The lowest BCUT2D eigenvalue weighted by Gasteiger charge is -2.23. The van der Waals surface area contributed by atoms with Gasteiger partial charge >= 0.3 is 0 Å². The fourth-order valence-corrected chi connectivity index (χ4v) is 2.47. The van der Waals surface area contributed by atoms with E-state index in [1.54, 1.807) is 0 Å². The van der Waals surface area contributed by atoms with Crippen LogP contribution in [0.4, 0.5) is 0 Å². The molecule has 0 bridgehead atoms. The summed E-state index contributed by atoms with van der Waals surface area (Å²) in [5.41, 5.74) is 2.07. The van der Waals surface area contributed by atoms with Crippen molar-refractivity contribution in [2.24, 2.45) is 0 Å². The number of benzene rings is 2. The molecule has 0 aromatic heterocycles. The zero-order valence-corrected chi connectivity index (χ0v) is 14.0. The van der Waals surface area contributed by atoms with Crippen molar-refractivity contribution in [2.45, 2.75) is 13.0 Å². The topological polar surface area (TPSA) is 41.6 Å². The van der Waals surface area contributed by atoms with Crippen LogP contribution < -0.4 is 10.1 Å². The molecular weight excluding hydrogens is 288 g/mol. The summed E-state index contributed by atoms with van der Waals surface area (Å²) in [5, 5.41) is 2.95. The molecule has 23 heavy (non-hydrogen) atoms. The zero-order valence-electron chi connectivity index (χ0n) is 14.0. The predicted molar refractivity (Wildman–Crippen MR) is 92.6 cm³/mol. The van der Waals surface area contributed by atoms with Crippen LogP contribution >= 0.6 is 0 Å². The maximum atomic E-state index is 12.5. The Morgan fingerprint density at radius 2 is 1.74 bits per heavy atom. The van der Waals surface area contributed by atoms with E-state index in [-0.39, 0.29) is 11.9 Å². The molecule has 1 atom stereocenters. The maximum Gasteiger partial charge on any atom is 0.242 e. The molecule has 0 aliphatic carbocycles. The van der Waals surface area contributed by atoms with Crippen molar-refractivity contribution in [2.75, 3.05) is 27.2 Å². The van der Waals surface area contributed by atoms with Gasteiger partial charge in [-0.1, -0.05) is 48.5 Å². The van der Waals surface area contributed by atoms with Crippen molar-refractivity contribution in [1.29, 1.82) is 0 Å². The SMILES string of the molecule is Cc1ccccc1OCCNC(=O)[C@@H](c1ccccc1)N(C)C. The number of aryl methyl sites for hydroxylation is 1. The summed E-state index contributed by atoms with van der Waals surface area (Å²) in [6, 6.07) is 17.3. The second-order valence-corrected chi connectivity index (χ2v) is 5.68. The Kier molecular flexibility index (Phi) is 6.18. The standard InChI is InChI=1S/C19H24N2O2/c1-15-9-7-8-12-17(15)23-14-13-20-19(22)18(21(2)3)16-10-5-4-6-11-16/h4-12,18H,13-14H2,1-3H3,(H,20,22)/t18-/m1/s1. The Morgan fingerprint density at radius 3 is 2.39 bits per heavy atom. The highest BCUT2D eigenvalue weighted by Gasteiger charge is 2.22. The molecule has 4 heteroatoms. The molecule has 0 radical (unpaired) electrons. The molecule has 0 fully saturated rings. The van der Waals surface area contributed by atoms with Crippen LogP contribution in [0.15, 0.2) is 54.6 Å². The van der Waals surface area contributed by atoms with Gasteiger partial charge in [0.2, 0.25) is 5.91 Å². The number of likely N-dealkylation sites (N-methyl/N-ethyl adjacent to an activating group) is 1. The van der Waals surface area contributed by atoms with Gasteiger partial charge in [0.15, 0.2) is 0 Å². The first-order valence-corrected chi connectivity index (χ1v) is 7.77. The third kappa shape index (κ3) is 4.83. The van der Waals surface area contributed by atoms with E-state index in [0.717, 1.165) is 16.9 Å². The summed E-state index contributed by atoms with van der Waals surface area (Å²) < 4.78 is 5.70. The minimum atomic E-state index is -0.297. The molecule has 1 N–H and O–H groups in total. The number of hydrogen-bond acceptors (Lipinski definition) is 3. The summed E-state index contributed by atoms with van der Waals surface area (Å²) in [4.78, 5) is 14.4. The first kappa shape index (κ1) is 17.0. The predicted octanol–water partition coefficient (Wildman–Crippen LogP) is 2.79. The molecular formula is C19H24N2O2. The van der Waals surface area contributed by atoms with E-state index in [0.29, 0.717) is 13.2 Å². The number of carbonyl (C=O) groups excluding carboxylic acids is 1. The largest absolute Gasteiger partial charge is 0.491 e. The lowest BCUT2D eigenvalue weighted by molar-refractivity contribution is -0.125. The van der Waals surface area contributed by atoms with Gasteiger partial charge in [-0.25, -0.2) is 0 Å². The Labute approximate surface area is 138 Å². The number of para-hydroxylation sites is 1. The molecule has 0 heterocycles. The number of nitrogens with one attached hydrogen (secondary N) is 1. The fourth-order valence-electron chi connectivity index (χ4n) is 2.47. The van der Waals surface area contributed by atoms with Crippen LogP contribution in [0.3, 0.4) is 0 Å². The van der Waals surface area contributed by atoms with Crippen molar-refractivity contribution < 1.29 is 9.53 Å². The van der Waals surface area contributed by atoms with Gasteiger partial charge in [0.05, 0.1) is 6.54 Å². The highest BCUT2D eigenvalue weighted by molar-refractivity contribution is 5.83. The number of amides is 1. The summed E-state index contributed by atoms with van der Waals surface area (Å²) in [5.74, 6) is 0.837. The lowest BCUT2D eigenvalue weighted by Crippen LogP contribution is -2.38. The van der Waals surface area contributed by atoms with Crippen molar-refractivity contribution in [1.82, 2.24) is 10.2 Å². The molecule has 0 aliphatic heterocycles. The van der Waals surface area contributed by atoms with Crippen LogP contribution in [-0.4, -0.2) is 38.1 Å². The smallest absolute Gasteiger partial charge is 0.242 e. The van der Waals surface area contributed by atoms with Gasteiger partial charge in [-0.3, -0.25) is 9.69 Å². The normalized spacial score (nSPS) is 12.0. The van der Waals surface area contributed by atoms with E-state index in [1.165, 1.54) is 0 Å². The summed E-state index contributed by atoms with van der Waals surface area (Å²) in [6.07, 6.45) is 0. The number of ether oxygens (including phenoxy) is 1. The lowest BCUT2D eigenvalue weighted by atomic mass is 10.1. The number of rotatable bonds is 7. The molecule has 0 spiro atoms. The van der Waals surface area contributed by atoms with E-state index in [2.05, 4.69) is 5.32 Å². The van der Waals surface area contributed by atoms with Crippen LogP contribution in [0, 0.1) is 6.92 Å². The van der Waals surface area contributed by atoms with Crippen LogP contribution in [0.2, 0.25) is 0 Å². The van der Waals surface area contributed by atoms with E-state index < -0.39 is 0 Å². The van der Waals surface area contributed by atoms with E-state index >= 15 is 0 Å². The third-order valence-electron chi connectivity index (χ3n) is 3.63. The maximum absolute atomic E-state index is 12.5. The van der Waals surface area contributed by atoms with Gasteiger partial charge in [-0.2, -0.15) is 0 Å². The molecule has 2 aromatic carbocycles. The van der Waals surface area contributed by atoms with Crippen molar-refractivity contribution >= 4 is 5.91 Å². The van der Waals surface area contributed by atoms with Gasteiger partial charge in [0, 0.05) is 0 Å². The second-order valence-electron chi connectivity index (χ2n) is 5.68. The third-order valence-corrected chi connectivity index (χ3v) is 3.63. The number of hydrogen-bond donors (Lipinski definition) is 1. The van der Waals surface area contributed by atoms with Crippen LogP contribution in [-0.2, 0) is 4.79 Å². The van der Waals surface area contributed by atoms with Crippen LogP contribution in [0.5, 0.6) is 5.75 Å². The first-order valence-electron chi connectivity index (χ1n) is 7.77. The van der Waals surface area contributed by atoms with Crippen LogP contribution in [0.1, 0.15) is 17.2 Å². The van der Waals surface area contributed by atoms with Gasteiger partial charge in [-0.15, -0.1) is 0 Å². The quantitative estimate of drug-likeness (QED) is 0.799. The molecule has 2 rings (SSSR count). The van der Waals surface area contributed by atoms with Crippen molar-refractivity contribution in [3.63, 3.8) is 0 Å². The van der Waals surface area contributed by atoms with Gasteiger partial charge < -0.3 is 10.1 Å². The molecule has 0 unspecified atom stereocenters. The Bertz CT molecular complexity index is 626. The highest BCUT2D eigenvalue weighted by atomic mass is 16.5. The zero-order chi connectivity index (χ0) is 16.7. The number of nitrogens with zero attached hydrogens (tertiary/aromatic N) is 1. The molecule has 0 saturated heterocycles. The highest BCUT2D eigenvalue weighted by Crippen LogP contribution is 2.18. The average molecular weight is 312 g/mol. The molecule has 1 amide bonds. The minimum absolute atomic E-state index is 0.0189. The van der Waals surface area contributed by atoms with Gasteiger partial charge in [-0.05, 0) is 38.2 Å². The summed E-state index contributed by atoms with van der Waals surface area (Å²) >= 11 is 0. The van der Waals surface area contributed by atoms with Gasteiger partial charge in [0.1, 0.15) is 18.4 Å². The molecule has 0 saturated carbocycles. The average Bonchev–Trinajstić information content (AvgIpc) is 2.54. The Morgan fingerprint density at radius 1 is 1.09 bits per heavy atom. The van der Waals surface area contributed by atoms with Crippen molar-refractivity contribution in [3.8, 4) is 5.75 Å². The molecule has 0 aliphatic rings. The molecule has 122 valence electrons. The Balaban J connectivity index is 1.87. The minimum Gasteiger partial charge on any atom is -0.491 e. The first-order chi connectivity index (χ1) is 11.1. The van der Waals surface area contributed by atoms with E-state index in [9.17, 15) is 4.79 Å².